The molecule has 0 N–H and O–H groups in total. The molecule has 0 fully saturated rings. The van der Waals surface area contributed by atoms with Crippen LogP contribution in [-0.2, 0) is 0 Å². The average Bonchev–Trinajstić information content (AvgIpc) is 2.18. The summed E-state index contributed by atoms with van der Waals surface area (Å²) in [5.41, 5.74) is 0. The van der Waals surface area contributed by atoms with Crippen molar-refractivity contribution < 1.29 is 4.74 Å². The van der Waals surface area contributed by atoms with Gasteiger partial charge in [-0.15, -0.1) is 10.2 Å². The summed E-state index contributed by atoms with van der Waals surface area (Å²) in [7, 11) is 5.73. The van der Waals surface area contributed by atoms with Crippen LogP contribution in [0.2, 0.25) is 0 Å². The first-order chi connectivity index (χ1) is 6.68. The van der Waals surface area contributed by atoms with Crippen molar-refractivity contribution >= 4 is 11.8 Å². The van der Waals surface area contributed by atoms with Gasteiger partial charge in [-0.25, -0.2) is 0 Å². The second-order valence-corrected chi connectivity index (χ2v) is 3.41. The third-order valence-corrected chi connectivity index (χ3v) is 2.05. The minimum Gasteiger partial charge on any atom is -0.472 e. The predicted octanol–water partition coefficient (Wildman–Crippen LogP) is -0.234. The third kappa shape index (κ3) is 1.43. The molecule has 14 heavy (non-hydrogen) atoms. The molecule has 2 heterocycles. The van der Waals surface area contributed by atoms with Crippen LogP contribution in [0.4, 0.5) is 11.8 Å². The molecular weight excluding hydrogens is 182 g/mol. The molecule has 0 spiro atoms. The highest BCUT2D eigenvalue weighted by Crippen LogP contribution is 2.25. The van der Waals surface area contributed by atoms with Crippen LogP contribution in [-0.4, -0.2) is 49.5 Å². The molecule has 76 valence electrons. The minimum absolute atomic E-state index is 0.518. The number of rotatable bonds is 1. The Morgan fingerprint density at radius 2 is 2.14 bits per heavy atom. The first-order valence-electron chi connectivity index (χ1n) is 4.44. The monoisotopic (exact) mass is 195 g/mol. The Kier molecular flexibility index (Phi) is 2.11. The molecule has 0 atom stereocenters. The lowest BCUT2D eigenvalue weighted by atomic mass is 10.4. The highest BCUT2D eigenvalue weighted by Gasteiger charge is 2.19. The van der Waals surface area contributed by atoms with Crippen LogP contribution in [0.3, 0.4) is 0 Å². The summed E-state index contributed by atoms with van der Waals surface area (Å²) < 4.78 is 5.33. The number of likely N-dealkylation sites (N-methyl/N-ethyl adjacent to an activating group) is 1. The minimum atomic E-state index is 0.518. The second kappa shape index (κ2) is 3.28. The first kappa shape index (κ1) is 8.98. The molecule has 0 amide bonds. The number of aromatic nitrogens is 3. The van der Waals surface area contributed by atoms with Crippen molar-refractivity contribution in [3.05, 3.63) is 0 Å². The topological polar surface area (TPSA) is 54.4 Å². The summed E-state index contributed by atoms with van der Waals surface area (Å²) in [5, 5.41) is 7.91. The second-order valence-electron chi connectivity index (χ2n) is 3.41. The van der Waals surface area contributed by atoms with Crippen LogP contribution >= 0.6 is 0 Å². The fraction of sp³-hybridized carbons (Fsp3) is 0.625. The molecule has 1 aliphatic heterocycles. The lowest BCUT2D eigenvalue weighted by molar-refractivity contribution is 0.292. The Morgan fingerprint density at radius 1 is 1.36 bits per heavy atom. The van der Waals surface area contributed by atoms with Crippen molar-refractivity contribution in [1.29, 1.82) is 0 Å². The van der Waals surface area contributed by atoms with Crippen LogP contribution in [0.1, 0.15) is 0 Å². The summed E-state index contributed by atoms with van der Waals surface area (Å²) >= 11 is 0. The Labute approximate surface area is 82.5 Å². The number of ether oxygens (including phenoxy) is 1. The molecule has 2 rings (SSSR count). The van der Waals surface area contributed by atoms with Crippen molar-refractivity contribution in [1.82, 2.24) is 15.2 Å². The summed E-state index contributed by atoms with van der Waals surface area (Å²) in [6.45, 7) is 1.47. The van der Waals surface area contributed by atoms with Crippen molar-refractivity contribution in [2.24, 2.45) is 0 Å². The third-order valence-electron chi connectivity index (χ3n) is 2.05. The van der Waals surface area contributed by atoms with Gasteiger partial charge >= 0.3 is 0 Å². The highest BCUT2D eigenvalue weighted by molar-refractivity contribution is 5.51. The van der Waals surface area contributed by atoms with Crippen molar-refractivity contribution in [2.75, 3.05) is 44.1 Å². The molecule has 6 heteroatoms. The number of hydrogen-bond donors (Lipinski definition) is 0. The van der Waals surface area contributed by atoms with Gasteiger partial charge in [0, 0.05) is 21.1 Å². The van der Waals surface area contributed by atoms with E-state index in [1.807, 2.05) is 30.9 Å². The van der Waals surface area contributed by atoms with E-state index in [-0.39, 0.29) is 0 Å². The summed E-state index contributed by atoms with van der Waals surface area (Å²) in [5.74, 6) is 1.88. The van der Waals surface area contributed by atoms with Gasteiger partial charge < -0.3 is 14.5 Å². The molecule has 1 aromatic heterocycles. The largest absolute Gasteiger partial charge is 0.472 e. The van der Waals surface area contributed by atoms with E-state index in [1.54, 1.807) is 0 Å². The van der Waals surface area contributed by atoms with E-state index in [0.29, 0.717) is 18.4 Å². The molecule has 0 saturated carbocycles. The van der Waals surface area contributed by atoms with Gasteiger partial charge in [0.1, 0.15) is 6.61 Å². The molecule has 6 nitrogen and oxygen atoms in total. The van der Waals surface area contributed by atoms with Crippen LogP contribution < -0.4 is 14.5 Å². The van der Waals surface area contributed by atoms with Gasteiger partial charge in [0.05, 0.1) is 6.54 Å². The average molecular weight is 195 g/mol. The maximum atomic E-state index is 5.33. The molecular formula is C8H13N5O. The molecule has 0 bridgehead atoms. The number of nitrogens with zero attached hydrogens (tertiary/aromatic N) is 5. The van der Waals surface area contributed by atoms with Crippen molar-refractivity contribution in [3.63, 3.8) is 0 Å². The normalized spacial score (nSPS) is 14.6. The molecule has 0 saturated heterocycles. The maximum Gasteiger partial charge on any atom is 0.277 e. The summed E-state index contributed by atoms with van der Waals surface area (Å²) in [6, 6.07) is 0. The van der Waals surface area contributed by atoms with Crippen molar-refractivity contribution in [3.8, 4) is 5.88 Å². The van der Waals surface area contributed by atoms with Crippen LogP contribution in [0, 0.1) is 0 Å². The van der Waals surface area contributed by atoms with Crippen molar-refractivity contribution in [2.45, 2.75) is 0 Å². The summed E-state index contributed by atoms with van der Waals surface area (Å²) in [6.07, 6.45) is 0. The lowest BCUT2D eigenvalue weighted by Crippen LogP contribution is -2.31. The van der Waals surface area contributed by atoms with E-state index in [0.717, 1.165) is 12.4 Å². The molecule has 1 aliphatic rings. The lowest BCUT2D eigenvalue weighted by Gasteiger charge is -2.25. The SMILES string of the molecule is CN(C)c1nnc2c(n1)N(C)CCO2. The molecule has 0 aliphatic carbocycles. The quantitative estimate of drug-likeness (QED) is 0.616. The number of hydrogen-bond acceptors (Lipinski definition) is 6. The Hall–Kier alpha value is -1.59. The Balaban J connectivity index is 2.41. The van der Waals surface area contributed by atoms with E-state index < -0.39 is 0 Å². The fourth-order valence-corrected chi connectivity index (χ4v) is 1.22. The van der Waals surface area contributed by atoms with E-state index in [1.165, 1.54) is 0 Å². The van der Waals surface area contributed by atoms with Gasteiger partial charge in [-0.2, -0.15) is 4.98 Å². The smallest absolute Gasteiger partial charge is 0.277 e. The number of anilines is 2. The van der Waals surface area contributed by atoms with E-state index in [4.69, 9.17) is 4.74 Å². The molecule has 0 aromatic carbocycles. The van der Waals surface area contributed by atoms with Crippen LogP contribution in [0.25, 0.3) is 0 Å². The standard InChI is InChI=1S/C8H13N5O/c1-12(2)8-9-6-7(10-11-8)14-5-4-13(6)3/h4-5H2,1-3H3. The van der Waals surface area contributed by atoms with E-state index in [9.17, 15) is 0 Å². The zero-order valence-corrected chi connectivity index (χ0v) is 8.56. The molecule has 0 unspecified atom stereocenters. The highest BCUT2D eigenvalue weighted by atomic mass is 16.5. The Morgan fingerprint density at radius 3 is 2.86 bits per heavy atom. The molecule has 1 aromatic rings. The zero-order chi connectivity index (χ0) is 10.1. The van der Waals surface area contributed by atoms with E-state index >= 15 is 0 Å². The van der Waals surface area contributed by atoms with E-state index in [2.05, 4.69) is 15.2 Å². The molecule has 0 radical (unpaired) electrons. The number of fused-ring (bicyclic) bond motifs is 1. The maximum absolute atomic E-state index is 5.33. The van der Waals surface area contributed by atoms with Gasteiger partial charge in [-0.05, 0) is 0 Å². The van der Waals surface area contributed by atoms with Crippen LogP contribution in [0.5, 0.6) is 5.88 Å². The van der Waals surface area contributed by atoms with Gasteiger partial charge in [0.2, 0.25) is 5.95 Å². The van der Waals surface area contributed by atoms with Gasteiger partial charge in [-0.3, -0.25) is 0 Å². The summed E-state index contributed by atoms with van der Waals surface area (Å²) in [4.78, 5) is 8.18. The predicted molar refractivity (Wildman–Crippen MR) is 52.9 cm³/mol. The van der Waals surface area contributed by atoms with Gasteiger partial charge in [0.15, 0.2) is 5.82 Å². The van der Waals surface area contributed by atoms with Gasteiger partial charge in [0.25, 0.3) is 5.88 Å². The first-order valence-corrected chi connectivity index (χ1v) is 4.44. The zero-order valence-electron chi connectivity index (χ0n) is 8.56. The van der Waals surface area contributed by atoms with Gasteiger partial charge in [-0.1, -0.05) is 0 Å². The fourth-order valence-electron chi connectivity index (χ4n) is 1.22. The van der Waals surface area contributed by atoms with Crippen LogP contribution in [0.15, 0.2) is 0 Å². The Bertz CT molecular complexity index is 341.